The predicted molar refractivity (Wildman–Crippen MR) is 98.0 cm³/mol. The molecular formula is C19H21ClN2O3. The van der Waals surface area contributed by atoms with E-state index in [0.29, 0.717) is 22.9 Å². The quantitative estimate of drug-likeness (QED) is 0.861. The van der Waals surface area contributed by atoms with Crippen LogP contribution in [0, 0.1) is 6.92 Å². The Morgan fingerprint density at radius 1 is 1.12 bits per heavy atom. The van der Waals surface area contributed by atoms with Gasteiger partial charge in [-0.1, -0.05) is 23.7 Å². The van der Waals surface area contributed by atoms with Crippen molar-refractivity contribution in [2.45, 2.75) is 13.5 Å². The molecule has 0 bridgehead atoms. The highest BCUT2D eigenvalue weighted by atomic mass is 35.5. The van der Waals surface area contributed by atoms with Crippen LogP contribution in [0.3, 0.4) is 0 Å². The zero-order chi connectivity index (χ0) is 18.4. The number of ether oxygens (including phenoxy) is 1. The first-order chi connectivity index (χ1) is 11.9. The molecule has 0 unspecified atom stereocenters. The van der Waals surface area contributed by atoms with Crippen molar-refractivity contribution in [3.05, 3.63) is 64.2 Å². The van der Waals surface area contributed by atoms with Crippen LogP contribution in [-0.4, -0.2) is 37.4 Å². The molecule has 5 nitrogen and oxygen atoms in total. The van der Waals surface area contributed by atoms with Crippen molar-refractivity contribution in [2.75, 3.05) is 20.7 Å². The van der Waals surface area contributed by atoms with E-state index in [0.717, 1.165) is 11.1 Å². The van der Waals surface area contributed by atoms with Gasteiger partial charge in [0.1, 0.15) is 5.75 Å². The number of carbonyl (C=O) groups is 2. The van der Waals surface area contributed by atoms with Crippen LogP contribution in [0.1, 0.15) is 21.5 Å². The molecular weight excluding hydrogens is 340 g/mol. The summed E-state index contributed by atoms with van der Waals surface area (Å²) in [6.45, 7) is 2.18. The number of nitrogens with zero attached hydrogens (tertiary/aromatic N) is 1. The van der Waals surface area contributed by atoms with Gasteiger partial charge in [0.25, 0.3) is 11.8 Å². The Labute approximate surface area is 152 Å². The van der Waals surface area contributed by atoms with E-state index in [1.807, 2.05) is 19.1 Å². The van der Waals surface area contributed by atoms with Crippen LogP contribution >= 0.6 is 11.6 Å². The van der Waals surface area contributed by atoms with Crippen molar-refractivity contribution in [1.29, 1.82) is 0 Å². The molecule has 0 fully saturated rings. The summed E-state index contributed by atoms with van der Waals surface area (Å²) < 4.78 is 5.45. The molecule has 132 valence electrons. The molecule has 0 radical (unpaired) electrons. The van der Waals surface area contributed by atoms with E-state index >= 15 is 0 Å². The Hall–Kier alpha value is -2.53. The second kappa shape index (κ2) is 8.53. The summed E-state index contributed by atoms with van der Waals surface area (Å²) in [6.07, 6.45) is 0. The molecule has 0 spiro atoms. The number of benzene rings is 2. The van der Waals surface area contributed by atoms with E-state index in [2.05, 4.69) is 5.32 Å². The Kier molecular flexibility index (Phi) is 6.42. The third-order valence-electron chi connectivity index (χ3n) is 3.60. The van der Waals surface area contributed by atoms with E-state index in [4.69, 9.17) is 16.3 Å². The zero-order valence-corrected chi connectivity index (χ0v) is 15.3. The average Bonchev–Trinajstić information content (AvgIpc) is 2.60. The number of nitrogens with one attached hydrogen (secondary N) is 1. The van der Waals surface area contributed by atoms with Gasteiger partial charge in [0.2, 0.25) is 0 Å². The first kappa shape index (κ1) is 18.8. The van der Waals surface area contributed by atoms with Gasteiger partial charge < -0.3 is 15.0 Å². The lowest BCUT2D eigenvalue weighted by Gasteiger charge is -2.11. The SMILES string of the molecule is Cc1cc(OCC(=O)NCc2ccc(C(=O)N(C)C)cc2)ccc1Cl. The van der Waals surface area contributed by atoms with Gasteiger partial charge in [-0.15, -0.1) is 0 Å². The maximum absolute atomic E-state index is 11.9. The number of amides is 2. The molecule has 1 N–H and O–H groups in total. The zero-order valence-electron chi connectivity index (χ0n) is 14.5. The molecule has 2 aromatic rings. The van der Waals surface area contributed by atoms with Gasteiger partial charge in [0.15, 0.2) is 6.61 Å². The Morgan fingerprint density at radius 2 is 1.80 bits per heavy atom. The summed E-state index contributed by atoms with van der Waals surface area (Å²) in [6, 6.07) is 12.4. The standard InChI is InChI=1S/C19H21ClN2O3/c1-13-10-16(8-9-17(13)20)25-12-18(23)21-11-14-4-6-15(7-5-14)19(24)22(2)3/h4-10H,11-12H2,1-3H3,(H,21,23). The minimum Gasteiger partial charge on any atom is -0.484 e. The second-order valence-corrected chi connectivity index (χ2v) is 6.28. The van der Waals surface area contributed by atoms with E-state index < -0.39 is 0 Å². The molecule has 2 amide bonds. The number of rotatable bonds is 6. The molecule has 0 aliphatic rings. The highest BCUT2D eigenvalue weighted by molar-refractivity contribution is 6.31. The van der Waals surface area contributed by atoms with Crippen LogP contribution < -0.4 is 10.1 Å². The lowest BCUT2D eigenvalue weighted by atomic mass is 10.1. The van der Waals surface area contributed by atoms with Gasteiger partial charge in [0.05, 0.1) is 0 Å². The fourth-order valence-corrected chi connectivity index (χ4v) is 2.25. The van der Waals surface area contributed by atoms with Crippen molar-refractivity contribution >= 4 is 23.4 Å². The lowest BCUT2D eigenvalue weighted by Crippen LogP contribution is -2.28. The van der Waals surface area contributed by atoms with Crippen LogP contribution in [0.25, 0.3) is 0 Å². The minimum atomic E-state index is -0.221. The summed E-state index contributed by atoms with van der Waals surface area (Å²) in [5.74, 6) is 0.326. The van der Waals surface area contributed by atoms with E-state index in [-0.39, 0.29) is 18.4 Å². The predicted octanol–water partition coefficient (Wildman–Crippen LogP) is 3.05. The van der Waals surface area contributed by atoms with Gasteiger partial charge in [0, 0.05) is 31.2 Å². The van der Waals surface area contributed by atoms with Crippen molar-refractivity contribution in [2.24, 2.45) is 0 Å². The normalized spacial score (nSPS) is 10.2. The molecule has 0 saturated heterocycles. The van der Waals surface area contributed by atoms with Crippen molar-refractivity contribution in [3.8, 4) is 5.75 Å². The summed E-state index contributed by atoms with van der Waals surface area (Å²) in [5.41, 5.74) is 2.42. The fraction of sp³-hybridized carbons (Fsp3) is 0.263. The largest absolute Gasteiger partial charge is 0.484 e. The van der Waals surface area contributed by atoms with Gasteiger partial charge >= 0.3 is 0 Å². The lowest BCUT2D eigenvalue weighted by molar-refractivity contribution is -0.123. The van der Waals surface area contributed by atoms with Crippen molar-refractivity contribution < 1.29 is 14.3 Å². The van der Waals surface area contributed by atoms with E-state index in [1.165, 1.54) is 4.90 Å². The highest BCUT2D eigenvalue weighted by Gasteiger charge is 2.08. The summed E-state index contributed by atoms with van der Waals surface area (Å²) in [4.78, 5) is 25.2. The van der Waals surface area contributed by atoms with Crippen LogP contribution in [0.4, 0.5) is 0 Å². The third-order valence-corrected chi connectivity index (χ3v) is 4.02. The molecule has 0 atom stereocenters. The maximum atomic E-state index is 11.9. The Bertz CT molecular complexity index is 758. The molecule has 0 saturated carbocycles. The molecule has 0 aliphatic heterocycles. The summed E-state index contributed by atoms with van der Waals surface area (Å²) >= 11 is 5.95. The van der Waals surface area contributed by atoms with Crippen LogP contribution in [0.5, 0.6) is 5.75 Å². The smallest absolute Gasteiger partial charge is 0.258 e. The fourth-order valence-electron chi connectivity index (χ4n) is 2.13. The van der Waals surface area contributed by atoms with Crippen molar-refractivity contribution in [3.63, 3.8) is 0 Å². The number of carbonyl (C=O) groups excluding carboxylic acids is 2. The van der Waals surface area contributed by atoms with E-state index in [9.17, 15) is 9.59 Å². The molecule has 25 heavy (non-hydrogen) atoms. The molecule has 2 aromatic carbocycles. The monoisotopic (exact) mass is 360 g/mol. The number of hydrogen-bond donors (Lipinski definition) is 1. The Balaban J connectivity index is 1.81. The molecule has 0 aliphatic carbocycles. The van der Waals surface area contributed by atoms with Gasteiger partial charge in [-0.3, -0.25) is 9.59 Å². The molecule has 2 rings (SSSR count). The minimum absolute atomic E-state index is 0.0535. The van der Waals surface area contributed by atoms with Gasteiger partial charge in [-0.05, 0) is 48.4 Å². The Morgan fingerprint density at radius 3 is 2.40 bits per heavy atom. The molecule has 0 heterocycles. The number of aryl methyl sites for hydroxylation is 1. The van der Waals surface area contributed by atoms with Crippen molar-refractivity contribution in [1.82, 2.24) is 10.2 Å². The van der Waals surface area contributed by atoms with E-state index in [1.54, 1.807) is 44.4 Å². The van der Waals surface area contributed by atoms with Gasteiger partial charge in [-0.25, -0.2) is 0 Å². The van der Waals surface area contributed by atoms with Crippen LogP contribution in [-0.2, 0) is 11.3 Å². The topological polar surface area (TPSA) is 58.6 Å². The first-order valence-corrected chi connectivity index (χ1v) is 8.21. The maximum Gasteiger partial charge on any atom is 0.258 e. The first-order valence-electron chi connectivity index (χ1n) is 7.83. The highest BCUT2D eigenvalue weighted by Crippen LogP contribution is 2.20. The molecule has 0 aromatic heterocycles. The number of hydrogen-bond acceptors (Lipinski definition) is 3. The summed E-state index contributed by atoms with van der Waals surface area (Å²) in [7, 11) is 3.41. The number of halogens is 1. The molecule has 6 heteroatoms. The second-order valence-electron chi connectivity index (χ2n) is 5.87. The average molecular weight is 361 g/mol. The van der Waals surface area contributed by atoms with Crippen LogP contribution in [0.15, 0.2) is 42.5 Å². The summed E-state index contributed by atoms with van der Waals surface area (Å²) in [5, 5.41) is 3.44. The third kappa shape index (κ3) is 5.50. The van der Waals surface area contributed by atoms with Crippen LogP contribution in [0.2, 0.25) is 5.02 Å². The van der Waals surface area contributed by atoms with Gasteiger partial charge in [-0.2, -0.15) is 0 Å².